The van der Waals surface area contributed by atoms with Crippen LogP contribution in [0, 0.1) is 0 Å². The number of rotatable bonds is 6. The zero-order valence-electron chi connectivity index (χ0n) is 11.1. The van der Waals surface area contributed by atoms with Gasteiger partial charge in [-0.2, -0.15) is 0 Å². The maximum atomic E-state index is 11.6. The lowest BCUT2D eigenvalue weighted by Gasteiger charge is -2.12. The van der Waals surface area contributed by atoms with Crippen molar-refractivity contribution >= 4 is 34.2 Å². The molecule has 0 aliphatic rings. The minimum absolute atomic E-state index is 0. The van der Waals surface area contributed by atoms with Gasteiger partial charge in [0.15, 0.2) is 0 Å². The first-order valence-corrected chi connectivity index (χ1v) is 6.73. The van der Waals surface area contributed by atoms with Gasteiger partial charge in [-0.1, -0.05) is 19.4 Å². The van der Waals surface area contributed by atoms with E-state index in [1.54, 1.807) is 7.11 Å². The van der Waals surface area contributed by atoms with E-state index in [1.807, 2.05) is 25.1 Å². The smallest absolute Gasteiger partial charge is 0.237 e. The van der Waals surface area contributed by atoms with E-state index >= 15 is 0 Å². The fourth-order valence-corrected chi connectivity index (χ4v) is 2.17. The quantitative estimate of drug-likeness (QED) is 0.828. The molecule has 19 heavy (non-hydrogen) atoms. The molecule has 0 fully saturated rings. The van der Waals surface area contributed by atoms with Gasteiger partial charge in [0, 0.05) is 6.54 Å². The van der Waals surface area contributed by atoms with E-state index in [9.17, 15) is 4.79 Å². The third kappa shape index (κ3) is 5.80. The molecule has 1 amide bonds. The average molecular weight is 352 g/mol. The molecule has 1 aromatic carbocycles. The van der Waals surface area contributed by atoms with E-state index in [0.29, 0.717) is 13.0 Å². The molecular weight excluding hydrogens is 332 g/mol. The van der Waals surface area contributed by atoms with Crippen molar-refractivity contribution in [2.45, 2.75) is 32.4 Å². The lowest BCUT2D eigenvalue weighted by Crippen LogP contribution is -2.40. The first-order valence-electron chi connectivity index (χ1n) is 5.94. The van der Waals surface area contributed by atoms with E-state index in [-0.39, 0.29) is 18.3 Å². The van der Waals surface area contributed by atoms with Crippen LogP contribution in [0.5, 0.6) is 5.75 Å². The minimum Gasteiger partial charge on any atom is -0.496 e. The minimum atomic E-state index is -0.420. The second-order valence-corrected chi connectivity index (χ2v) is 4.94. The number of hydrogen-bond donors (Lipinski definition) is 2. The lowest BCUT2D eigenvalue weighted by atomic mass is 10.1. The van der Waals surface area contributed by atoms with Crippen molar-refractivity contribution in [3.05, 3.63) is 28.2 Å². The zero-order valence-corrected chi connectivity index (χ0v) is 13.5. The van der Waals surface area contributed by atoms with Gasteiger partial charge in [0.2, 0.25) is 5.91 Å². The molecule has 1 atom stereocenters. The Morgan fingerprint density at radius 2 is 2.21 bits per heavy atom. The van der Waals surface area contributed by atoms with Crippen LogP contribution in [-0.4, -0.2) is 19.1 Å². The fourth-order valence-electron chi connectivity index (χ4n) is 1.58. The second kappa shape index (κ2) is 9.18. The normalized spacial score (nSPS) is 11.4. The number of hydrogen-bond acceptors (Lipinski definition) is 3. The number of amides is 1. The third-order valence-electron chi connectivity index (χ3n) is 2.62. The van der Waals surface area contributed by atoms with Gasteiger partial charge in [0.25, 0.3) is 0 Å². The zero-order chi connectivity index (χ0) is 13.5. The van der Waals surface area contributed by atoms with Crippen molar-refractivity contribution in [1.29, 1.82) is 0 Å². The summed E-state index contributed by atoms with van der Waals surface area (Å²) in [5.74, 6) is 0.663. The summed E-state index contributed by atoms with van der Waals surface area (Å²) in [4.78, 5) is 11.6. The van der Waals surface area contributed by atoms with Crippen LogP contribution in [-0.2, 0) is 11.3 Å². The van der Waals surface area contributed by atoms with Crippen LogP contribution in [0.4, 0.5) is 0 Å². The van der Waals surface area contributed by atoms with Crippen LogP contribution in [0.2, 0.25) is 0 Å². The molecule has 0 heterocycles. The summed E-state index contributed by atoms with van der Waals surface area (Å²) in [5, 5.41) is 2.82. The van der Waals surface area contributed by atoms with Gasteiger partial charge < -0.3 is 15.8 Å². The highest BCUT2D eigenvalue weighted by Crippen LogP contribution is 2.25. The van der Waals surface area contributed by atoms with Gasteiger partial charge in [-0.15, -0.1) is 12.4 Å². The Labute approximate surface area is 128 Å². The highest BCUT2D eigenvalue weighted by molar-refractivity contribution is 9.10. The maximum absolute atomic E-state index is 11.6. The van der Waals surface area contributed by atoms with E-state index in [0.717, 1.165) is 22.2 Å². The predicted octanol–water partition coefficient (Wildman–Crippen LogP) is 2.62. The number of nitrogens with two attached hydrogens (primary N) is 1. The third-order valence-corrected chi connectivity index (χ3v) is 3.24. The van der Waals surface area contributed by atoms with Crippen LogP contribution >= 0.6 is 28.3 Å². The highest BCUT2D eigenvalue weighted by Gasteiger charge is 2.11. The van der Waals surface area contributed by atoms with Gasteiger partial charge in [-0.3, -0.25) is 4.79 Å². The molecule has 6 heteroatoms. The molecular formula is C13H20BrClN2O2. The predicted molar refractivity (Wildman–Crippen MR) is 82.7 cm³/mol. The number of ether oxygens (including phenoxy) is 1. The number of carbonyl (C=O) groups is 1. The summed E-state index contributed by atoms with van der Waals surface area (Å²) in [6, 6.07) is 5.27. The van der Waals surface area contributed by atoms with Crippen LogP contribution < -0.4 is 15.8 Å². The van der Waals surface area contributed by atoms with Crippen molar-refractivity contribution in [2.24, 2.45) is 5.73 Å². The van der Waals surface area contributed by atoms with Crippen LogP contribution in [0.15, 0.2) is 22.7 Å². The monoisotopic (exact) mass is 350 g/mol. The summed E-state index contributed by atoms with van der Waals surface area (Å²) < 4.78 is 6.01. The Bertz CT molecular complexity index is 416. The summed E-state index contributed by atoms with van der Waals surface area (Å²) in [6.45, 7) is 2.48. The Balaban J connectivity index is 0.00000324. The largest absolute Gasteiger partial charge is 0.496 e. The van der Waals surface area contributed by atoms with Crippen molar-refractivity contribution in [3.8, 4) is 5.75 Å². The fraction of sp³-hybridized carbons (Fsp3) is 0.462. The molecule has 1 aromatic rings. The molecule has 0 aliphatic carbocycles. The van der Waals surface area contributed by atoms with Gasteiger partial charge in [0.1, 0.15) is 5.75 Å². The number of methoxy groups -OCH3 is 1. The Hall–Kier alpha value is -0.780. The summed E-state index contributed by atoms with van der Waals surface area (Å²) in [6.07, 6.45) is 1.61. The summed E-state index contributed by atoms with van der Waals surface area (Å²) in [5.41, 5.74) is 6.73. The van der Waals surface area contributed by atoms with Crippen molar-refractivity contribution in [3.63, 3.8) is 0 Å². The second-order valence-electron chi connectivity index (χ2n) is 4.08. The highest BCUT2D eigenvalue weighted by atomic mass is 79.9. The van der Waals surface area contributed by atoms with E-state index in [2.05, 4.69) is 21.2 Å². The molecule has 0 saturated heterocycles. The Kier molecular flexibility index (Phi) is 8.80. The van der Waals surface area contributed by atoms with E-state index in [4.69, 9.17) is 10.5 Å². The van der Waals surface area contributed by atoms with Crippen LogP contribution in [0.1, 0.15) is 25.3 Å². The molecule has 3 N–H and O–H groups in total. The van der Waals surface area contributed by atoms with Crippen molar-refractivity contribution in [1.82, 2.24) is 5.32 Å². The molecule has 4 nitrogen and oxygen atoms in total. The number of carbonyl (C=O) groups excluding carboxylic acids is 1. The molecule has 0 aliphatic heterocycles. The topological polar surface area (TPSA) is 64.4 Å². The molecule has 0 saturated carbocycles. The van der Waals surface area contributed by atoms with Gasteiger partial charge in [-0.05, 0) is 40.0 Å². The molecule has 0 spiro atoms. The molecule has 0 aromatic heterocycles. The Morgan fingerprint density at radius 1 is 1.53 bits per heavy atom. The van der Waals surface area contributed by atoms with Gasteiger partial charge in [-0.25, -0.2) is 0 Å². The number of halogens is 2. The summed E-state index contributed by atoms with van der Waals surface area (Å²) >= 11 is 3.41. The van der Waals surface area contributed by atoms with Crippen LogP contribution in [0.25, 0.3) is 0 Å². The number of benzene rings is 1. The molecule has 0 bridgehead atoms. The van der Waals surface area contributed by atoms with Crippen molar-refractivity contribution < 1.29 is 9.53 Å². The Morgan fingerprint density at radius 3 is 2.74 bits per heavy atom. The maximum Gasteiger partial charge on any atom is 0.237 e. The first kappa shape index (κ1) is 18.2. The standard InChI is InChI=1S/C13H19BrN2O2.ClH/c1-3-4-11(15)13(17)16-8-9-5-6-12(18-2)10(14)7-9;/h5-7,11H,3-4,8,15H2,1-2H3,(H,16,17);1H. The molecule has 1 rings (SSSR count). The average Bonchev–Trinajstić information content (AvgIpc) is 2.36. The van der Waals surface area contributed by atoms with Crippen LogP contribution in [0.3, 0.4) is 0 Å². The molecule has 0 radical (unpaired) electrons. The number of nitrogens with one attached hydrogen (secondary N) is 1. The van der Waals surface area contributed by atoms with Gasteiger partial charge in [0.05, 0.1) is 17.6 Å². The molecule has 108 valence electrons. The first-order chi connectivity index (χ1) is 8.58. The van der Waals surface area contributed by atoms with E-state index in [1.165, 1.54) is 0 Å². The summed E-state index contributed by atoms with van der Waals surface area (Å²) in [7, 11) is 1.62. The lowest BCUT2D eigenvalue weighted by molar-refractivity contribution is -0.122. The molecule has 1 unspecified atom stereocenters. The SMILES string of the molecule is CCCC(N)C(=O)NCc1ccc(OC)c(Br)c1.Cl. The van der Waals surface area contributed by atoms with Crippen molar-refractivity contribution in [2.75, 3.05) is 7.11 Å². The van der Waals surface area contributed by atoms with E-state index < -0.39 is 6.04 Å². The van der Waals surface area contributed by atoms with Gasteiger partial charge >= 0.3 is 0 Å².